The molecule has 3 rings (SSSR count). The molecule has 1 aromatic carbocycles. The molecule has 0 atom stereocenters. The van der Waals surface area contributed by atoms with Crippen LogP contribution in [0.4, 0.5) is 10.1 Å². The lowest BCUT2D eigenvalue weighted by molar-refractivity contribution is -0.121. The normalized spacial score (nSPS) is 19.0. The van der Waals surface area contributed by atoms with Crippen LogP contribution >= 0.6 is 0 Å². The van der Waals surface area contributed by atoms with Gasteiger partial charge < -0.3 is 10.4 Å². The molecule has 3 nitrogen and oxygen atoms in total. The van der Waals surface area contributed by atoms with E-state index in [-0.39, 0.29) is 23.3 Å². The maximum atomic E-state index is 13.5. The Kier molecular flexibility index (Phi) is 2.73. The van der Waals surface area contributed by atoms with Crippen LogP contribution in [0.2, 0.25) is 0 Å². The van der Waals surface area contributed by atoms with Gasteiger partial charge in [-0.25, -0.2) is 4.39 Å². The fourth-order valence-electron chi connectivity index (χ4n) is 2.55. The summed E-state index contributed by atoms with van der Waals surface area (Å²) in [5.41, 5.74) is 0.157. The van der Waals surface area contributed by atoms with Crippen molar-refractivity contribution in [1.82, 2.24) is 0 Å². The van der Waals surface area contributed by atoms with Crippen LogP contribution in [0.15, 0.2) is 18.2 Å². The van der Waals surface area contributed by atoms with E-state index < -0.39 is 5.82 Å². The highest BCUT2D eigenvalue weighted by Gasteiger charge is 2.45. The Bertz CT molecular complexity index is 469. The second kappa shape index (κ2) is 4.26. The van der Waals surface area contributed by atoms with Crippen molar-refractivity contribution >= 4 is 11.6 Å². The lowest BCUT2D eigenvalue weighted by Gasteiger charge is -2.15. The van der Waals surface area contributed by atoms with Gasteiger partial charge in [-0.15, -0.1) is 0 Å². The Morgan fingerprint density at radius 1 is 1.28 bits per heavy atom. The molecule has 4 heteroatoms. The summed E-state index contributed by atoms with van der Waals surface area (Å²) in [6.45, 7) is 0. The molecule has 0 bridgehead atoms. The summed E-state index contributed by atoms with van der Waals surface area (Å²) in [6, 6.07) is 3.79. The molecule has 2 N–H and O–H groups in total. The van der Waals surface area contributed by atoms with Crippen molar-refractivity contribution < 1.29 is 14.3 Å². The average Bonchev–Trinajstić information content (AvgIpc) is 3.16. The molecule has 18 heavy (non-hydrogen) atoms. The number of carbonyl (C=O) groups excluding carboxylic acids is 1. The van der Waals surface area contributed by atoms with E-state index in [4.69, 9.17) is 5.11 Å². The molecule has 2 aliphatic rings. The second-order valence-electron chi connectivity index (χ2n) is 5.35. The zero-order valence-electron chi connectivity index (χ0n) is 10.0. The standard InChI is InChI=1S/C14H16FNO2/c15-11-7-10(17)5-6-12(11)16-14(18)13(8-1-2-8)9-3-4-9/h5-9,13,17H,1-4H2,(H,16,18). The first-order valence-electron chi connectivity index (χ1n) is 6.44. The molecule has 2 saturated carbocycles. The van der Waals surface area contributed by atoms with Gasteiger partial charge in [0.25, 0.3) is 0 Å². The minimum Gasteiger partial charge on any atom is -0.508 e. The fourth-order valence-corrected chi connectivity index (χ4v) is 2.55. The minimum atomic E-state index is -0.589. The molecule has 1 aromatic rings. The van der Waals surface area contributed by atoms with Gasteiger partial charge in [0.2, 0.25) is 5.91 Å². The molecule has 2 fully saturated rings. The number of amides is 1. The van der Waals surface area contributed by atoms with Gasteiger partial charge in [-0.1, -0.05) is 0 Å². The molecular formula is C14H16FNO2. The molecular weight excluding hydrogens is 233 g/mol. The van der Waals surface area contributed by atoms with Crippen molar-refractivity contribution in [2.75, 3.05) is 5.32 Å². The quantitative estimate of drug-likeness (QED) is 0.806. The average molecular weight is 249 g/mol. The number of benzene rings is 1. The Hall–Kier alpha value is -1.58. The monoisotopic (exact) mass is 249 g/mol. The number of carbonyl (C=O) groups is 1. The zero-order valence-corrected chi connectivity index (χ0v) is 10.0. The molecule has 2 aliphatic carbocycles. The second-order valence-corrected chi connectivity index (χ2v) is 5.35. The highest BCUT2D eigenvalue weighted by atomic mass is 19.1. The third-order valence-electron chi connectivity index (χ3n) is 3.77. The first kappa shape index (κ1) is 11.5. The number of aromatic hydroxyl groups is 1. The van der Waals surface area contributed by atoms with Crippen molar-refractivity contribution in [3.63, 3.8) is 0 Å². The smallest absolute Gasteiger partial charge is 0.228 e. The van der Waals surface area contributed by atoms with Crippen LogP contribution in [0, 0.1) is 23.6 Å². The Morgan fingerprint density at radius 3 is 2.39 bits per heavy atom. The lowest BCUT2D eigenvalue weighted by Crippen LogP contribution is -2.26. The Labute approximate surface area is 105 Å². The van der Waals surface area contributed by atoms with Crippen molar-refractivity contribution in [2.45, 2.75) is 25.7 Å². The molecule has 1 amide bonds. The lowest BCUT2D eigenvalue weighted by atomic mass is 9.97. The fraction of sp³-hybridized carbons (Fsp3) is 0.500. The van der Waals surface area contributed by atoms with Gasteiger partial charge in [0.15, 0.2) is 0 Å². The first-order chi connectivity index (χ1) is 8.65. The number of phenols is 1. The summed E-state index contributed by atoms with van der Waals surface area (Å²) < 4.78 is 13.5. The molecule has 0 aliphatic heterocycles. The number of halogens is 1. The third-order valence-corrected chi connectivity index (χ3v) is 3.77. The molecule has 0 heterocycles. The molecule has 0 aromatic heterocycles. The van der Waals surface area contributed by atoms with Gasteiger partial charge in [-0.05, 0) is 49.7 Å². The first-order valence-corrected chi connectivity index (χ1v) is 6.44. The molecule has 0 unspecified atom stereocenters. The van der Waals surface area contributed by atoms with Gasteiger partial charge in [-0.2, -0.15) is 0 Å². The molecule has 0 spiro atoms. The van der Waals surface area contributed by atoms with Gasteiger partial charge in [0.1, 0.15) is 11.6 Å². The summed E-state index contributed by atoms with van der Waals surface area (Å²) in [5.74, 6) is 0.262. The van der Waals surface area contributed by atoms with E-state index in [1.54, 1.807) is 0 Å². The van der Waals surface area contributed by atoms with E-state index in [0.717, 1.165) is 31.7 Å². The predicted molar refractivity (Wildman–Crippen MR) is 65.6 cm³/mol. The maximum absolute atomic E-state index is 13.5. The highest BCUT2D eigenvalue weighted by molar-refractivity contribution is 5.93. The van der Waals surface area contributed by atoms with Crippen LogP contribution in [0.5, 0.6) is 5.75 Å². The van der Waals surface area contributed by atoms with Gasteiger partial charge >= 0.3 is 0 Å². The van der Waals surface area contributed by atoms with E-state index in [0.29, 0.717) is 11.8 Å². The zero-order chi connectivity index (χ0) is 12.7. The van der Waals surface area contributed by atoms with E-state index in [1.807, 2.05) is 0 Å². The van der Waals surface area contributed by atoms with Gasteiger partial charge in [0, 0.05) is 12.0 Å². The van der Waals surface area contributed by atoms with Crippen LogP contribution in [0.3, 0.4) is 0 Å². The van der Waals surface area contributed by atoms with Gasteiger partial charge in [0.05, 0.1) is 5.69 Å². The summed E-state index contributed by atoms with van der Waals surface area (Å²) in [5, 5.41) is 11.8. The topological polar surface area (TPSA) is 49.3 Å². The summed E-state index contributed by atoms with van der Waals surface area (Å²) in [4.78, 5) is 12.2. The van der Waals surface area contributed by atoms with Gasteiger partial charge in [-0.3, -0.25) is 4.79 Å². The Balaban J connectivity index is 1.72. The number of hydrogen-bond acceptors (Lipinski definition) is 2. The number of rotatable bonds is 4. The summed E-state index contributed by atoms with van der Waals surface area (Å²) in [7, 11) is 0. The van der Waals surface area contributed by atoms with Crippen LogP contribution in [0.1, 0.15) is 25.7 Å². The summed E-state index contributed by atoms with van der Waals surface area (Å²) >= 11 is 0. The Morgan fingerprint density at radius 2 is 1.89 bits per heavy atom. The van der Waals surface area contributed by atoms with Crippen LogP contribution in [-0.2, 0) is 4.79 Å². The third kappa shape index (κ3) is 2.33. The SMILES string of the molecule is O=C(Nc1ccc(O)cc1F)C(C1CC1)C1CC1. The maximum Gasteiger partial charge on any atom is 0.228 e. The van der Waals surface area contributed by atoms with E-state index in [2.05, 4.69) is 5.32 Å². The van der Waals surface area contributed by atoms with Crippen LogP contribution in [0.25, 0.3) is 0 Å². The summed E-state index contributed by atoms with van der Waals surface area (Å²) in [6.07, 6.45) is 4.47. The number of phenolic OH excluding ortho intramolecular Hbond substituents is 1. The van der Waals surface area contributed by atoms with Crippen molar-refractivity contribution in [3.8, 4) is 5.75 Å². The minimum absolute atomic E-state index is 0.0539. The van der Waals surface area contributed by atoms with Crippen molar-refractivity contribution in [3.05, 3.63) is 24.0 Å². The number of anilines is 1. The largest absolute Gasteiger partial charge is 0.508 e. The van der Waals surface area contributed by atoms with Crippen molar-refractivity contribution in [1.29, 1.82) is 0 Å². The van der Waals surface area contributed by atoms with E-state index in [1.165, 1.54) is 12.1 Å². The highest BCUT2D eigenvalue weighted by Crippen LogP contribution is 2.49. The molecule has 0 saturated heterocycles. The van der Waals surface area contributed by atoms with E-state index in [9.17, 15) is 9.18 Å². The van der Waals surface area contributed by atoms with Crippen LogP contribution in [-0.4, -0.2) is 11.0 Å². The number of hydrogen-bond donors (Lipinski definition) is 2. The van der Waals surface area contributed by atoms with E-state index >= 15 is 0 Å². The number of nitrogens with one attached hydrogen (secondary N) is 1. The van der Waals surface area contributed by atoms with Crippen LogP contribution < -0.4 is 5.32 Å². The van der Waals surface area contributed by atoms with Crippen molar-refractivity contribution in [2.24, 2.45) is 17.8 Å². The molecule has 96 valence electrons. The predicted octanol–water partition coefficient (Wildman–Crippen LogP) is 2.91. The molecule has 0 radical (unpaired) electrons.